The van der Waals surface area contributed by atoms with Crippen LogP contribution in [-0.4, -0.2) is 37.1 Å². The molecule has 106 valence electrons. The molecular formula is C16H25NO2. The van der Waals surface area contributed by atoms with E-state index in [0.29, 0.717) is 24.3 Å². The number of carbonyl (C=O) groups excluding carboxylic acids is 1. The lowest BCUT2D eigenvalue weighted by molar-refractivity contribution is -0.138. The summed E-state index contributed by atoms with van der Waals surface area (Å²) in [5.41, 5.74) is 0. The average Bonchev–Trinajstić information content (AvgIpc) is 2.48. The van der Waals surface area contributed by atoms with Crippen LogP contribution in [-0.2, 0) is 9.53 Å². The quantitative estimate of drug-likeness (QED) is 0.576. The Hall–Kier alpha value is -1.01. The van der Waals surface area contributed by atoms with Crippen molar-refractivity contribution in [2.24, 2.45) is 11.8 Å². The summed E-state index contributed by atoms with van der Waals surface area (Å²) < 4.78 is 5.39. The maximum Gasteiger partial charge on any atom is 0.225 e. The third kappa shape index (κ3) is 4.24. The fraction of sp³-hybridized carbons (Fsp3) is 0.812. The van der Waals surface area contributed by atoms with E-state index in [1.807, 2.05) is 0 Å². The number of hydrogen-bond donors (Lipinski definition) is 0. The average molecular weight is 263 g/mol. The summed E-state index contributed by atoms with van der Waals surface area (Å²) in [5, 5.41) is 0. The highest BCUT2D eigenvalue weighted by Crippen LogP contribution is 2.27. The Balaban J connectivity index is 1.70. The second-order valence-corrected chi connectivity index (χ2v) is 5.82. The summed E-state index contributed by atoms with van der Waals surface area (Å²) in [5.74, 6) is 3.78. The van der Waals surface area contributed by atoms with Crippen LogP contribution in [0.25, 0.3) is 0 Å². The van der Waals surface area contributed by atoms with E-state index in [-0.39, 0.29) is 0 Å². The van der Waals surface area contributed by atoms with E-state index >= 15 is 0 Å². The van der Waals surface area contributed by atoms with E-state index in [1.165, 1.54) is 19.3 Å². The van der Waals surface area contributed by atoms with E-state index in [0.717, 1.165) is 45.4 Å². The fourth-order valence-corrected chi connectivity index (χ4v) is 3.21. The third-order valence-electron chi connectivity index (χ3n) is 4.42. The summed E-state index contributed by atoms with van der Waals surface area (Å²) in [6, 6.07) is 0. The predicted molar refractivity (Wildman–Crippen MR) is 75.5 cm³/mol. The van der Waals surface area contributed by atoms with Crippen molar-refractivity contribution in [3.05, 3.63) is 0 Å². The molecule has 0 aromatic heterocycles. The van der Waals surface area contributed by atoms with Crippen LogP contribution < -0.4 is 0 Å². The molecule has 3 nitrogen and oxygen atoms in total. The molecular weight excluding hydrogens is 238 g/mol. The highest BCUT2D eigenvalue weighted by molar-refractivity contribution is 5.79. The molecule has 0 atom stereocenters. The Morgan fingerprint density at radius 2 is 1.84 bits per heavy atom. The van der Waals surface area contributed by atoms with Crippen molar-refractivity contribution in [3.63, 3.8) is 0 Å². The van der Waals surface area contributed by atoms with Gasteiger partial charge >= 0.3 is 0 Å². The molecule has 1 saturated carbocycles. The number of hydrogen-bond acceptors (Lipinski definition) is 2. The monoisotopic (exact) mass is 263 g/mol. The molecule has 2 fully saturated rings. The molecule has 1 aliphatic carbocycles. The van der Waals surface area contributed by atoms with Gasteiger partial charge in [-0.05, 0) is 31.6 Å². The van der Waals surface area contributed by atoms with Crippen LogP contribution in [0.2, 0.25) is 0 Å². The summed E-state index contributed by atoms with van der Waals surface area (Å²) in [6.45, 7) is 2.95. The molecule has 0 unspecified atom stereocenters. The van der Waals surface area contributed by atoms with Crippen molar-refractivity contribution in [2.75, 3.05) is 26.3 Å². The third-order valence-corrected chi connectivity index (χ3v) is 4.42. The Labute approximate surface area is 116 Å². The first-order chi connectivity index (χ1) is 9.31. The van der Waals surface area contributed by atoms with Gasteiger partial charge in [0.25, 0.3) is 0 Å². The predicted octanol–water partition coefficient (Wildman–Crippen LogP) is 2.46. The van der Waals surface area contributed by atoms with Crippen molar-refractivity contribution in [1.82, 2.24) is 4.90 Å². The molecule has 1 aliphatic heterocycles. The van der Waals surface area contributed by atoms with Gasteiger partial charge in [-0.1, -0.05) is 25.2 Å². The van der Waals surface area contributed by atoms with Gasteiger partial charge in [0.15, 0.2) is 0 Å². The van der Waals surface area contributed by atoms with E-state index in [9.17, 15) is 4.79 Å². The first kappa shape index (κ1) is 14.4. The van der Waals surface area contributed by atoms with Crippen LogP contribution in [0.4, 0.5) is 0 Å². The highest BCUT2D eigenvalue weighted by Gasteiger charge is 2.28. The van der Waals surface area contributed by atoms with Gasteiger partial charge in [0.05, 0.1) is 6.61 Å². The number of nitrogens with zero attached hydrogens (tertiary/aromatic N) is 1. The van der Waals surface area contributed by atoms with E-state index in [4.69, 9.17) is 11.2 Å². The largest absolute Gasteiger partial charge is 0.369 e. The maximum absolute atomic E-state index is 12.4. The molecule has 3 heteroatoms. The maximum atomic E-state index is 12.4. The lowest BCUT2D eigenvalue weighted by Crippen LogP contribution is -2.42. The Morgan fingerprint density at radius 1 is 1.16 bits per heavy atom. The van der Waals surface area contributed by atoms with Gasteiger partial charge in [-0.15, -0.1) is 6.42 Å². The summed E-state index contributed by atoms with van der Waals surface area (Å²) in [7, 11) is 0. The zero-order valence-electron chi connectivity index (χ0n) is 11.8. The zero-order chi connectivity index (χ0) is 13.5. The van der Waals surface area contributed by atoms with Crippen LogP contribution in [0.15, 0.2) is 0 Å². The fourth-order valence-electron chi connectivity index (χ4n) is 3.21. The molecule has 0 radical (unpaired) electrons. The van der Waals surface area contributed by atoms with E-state index in [2.05, 4.69) is 10.8 Å². The SMILES string of the molecule is C#CCOCC1CCN(C(=O)C2CCCCC2)CC1. The lowest BCUT2D eigenvalue weighted by Gasteiger charge is -2.35. The van der Waals surface area contributed by atoms with E-state index in [1.54, 1.807) is 0 Å². The molecule has 1 amide bonds. The van der Waals surface area contributed by atoms with E-state index < -0.39 is 0 Å². The number of carbonyl (C=O) groups is 1. The van der Waals surface area contributed by atoms with Gasteiger partial charge < -0.3 is 9.64 Å². The Bertz CT molecular complexity index is 320. The van der Waals surface area contributed by atoms with Crippen molar-refractivity contribution in [1.29, 1.82) is 0 Å². The molecule has 2 aliphatic rings. The number of amides is 1. The number of ether oxygens (including phenoxy) is 1. The number of terminal acetylenes is 1. The Morgan fingerprint density at radius 3 is 2.47 bits per heavy atom. The topological polar surface area (TPSA) is 29.5 Å². The van der Waals surface area contributed by atoms with Crippen molar-refractivity contribution < 1.29 is 9.53 Å². The smallest absolute Gasteiger partial charge is 0.225 e. The minimum atomic E-state index is 0.308. The van der Waals surface area contributed by atoms with Gasteiger partial charge in [-0.25, -0.2) is 0 Å². The van der Waals surface area contributed by atoms with Crippen LogP contribution in [0.5, 0.6) is 0 Å². The molecule has 0 bridgehead atoms. The summed E-state index contributed by atoms with van der Waals surface area (Å²) in [4.78, 5) is 14.5. The Kier molecular flexibility index (Phi) is 5.72. The van der Waals surface area contributed by atoms with Crippen molar-refractivity contribution in [3.8, 4) is 12.3 Å². The van der Waals surface area contributed by atoms with Crippen LogP contribution in [0.3, 0.4) is 0 Å². The standard InChI is InChI=1S/C16H25NO2/c1-2-12-19-13-14-8-10-17(11-9-14)16(18)15-6-4-3-5-7-15/h1,14-15H,3-13H2. The minimum Gasteiger partial charge on any atom is -0.369 e. The van der Waals surface area contributed by atoms with Gasteiger partial charge in [0, 0.05) is 19.0 Å². The summed E-state index contributed by atoms with van der Waals surface area (Å²) >= 11 is 0. The normalized spacial score (nSPS) is 22.2. The first-order valence-corrected chi connectivity index (χ1v) is 7.61. The highest BCUT2D eigenvalue weighted by atomic mass is 16.5. The minimum absolute atomic E-state index is 0.308. The number of rotatable bonds is 4. The summed E-state index contributed by atoms with van der Waals surface area (Å²) in [6.07, 6.45) is 13.2. The molecule has 0 aromatic rings. The van der Waals surface area contributed by atoms with Crippen LogP contribution >= 0.6 is 0 Å². The number of likely N-dealkylation sites (tertiary alicyclic amines) is 1. The molecule has 0 aromatic carbocycles. The van der Waals surface area contributed by atoms with Crippen LogP contribution in [0.1, 0.15) is 44.9 Å². The molecule has 0 N–H and O–H groups in total. The molecule has 0 spiro atoms. The van der Waals surface area contributed by atoms with Crippen molar-refractivity contribution in [2.45, 2.75) is 44.9 Å². The molecule has 1 saturated heterocycles. The van der Waals surface area contributed by atoms with Gasteiger partial charge in [-0.3, -0.25) is 4.79 Å². The lowest BCUT2D eigenvalue weighted by atomic mass is 9.87. The molecule has 1 heterocycles. The zero-order valence-corrected chi connectivity index (χ0v) is 11.8. The van der Waals surface area contributed by atoms with Gasteiger partial charge in [0.1, 0.15) is 6.61 Å². The molecule has 19 heavy (non-hydrogen) atoms. The van der Waals surface area contributed by atoms with Gasteiger partial charge in [-0.2, -0.15) is 0 Å². The van der Waals surface area contributed by atoms with Crippen molar-refractivity contribution >= 4 is 5.91 Å². The second kappa shape index (κ2) is 7.55. The van der Waals surface area contributed by atoms with Crippen LogP contribution in [0, 0.1) is 24.2 Å². The first-order valence-electron chi connectivity index (χ1n) is 7.61. The second-order valence-electron chi connectivity index (χ2n) is 5.82. The van der Waals surface area contributed by atoms with Gasteiger partial charge in [0.2, 0.25) is 5.91 Å². The molecule has 2 rings (SSSR count). The number of piperidine rings is 1.